The summed E-state index contributed by atoms with van der Waals surface area (Å²) in [5.41, 5.74) is 0.258. The van der Waals surface area contributed by atoms with Gasteiger partial charge in [-0.2, -0.15) is 18.3 Å². The Balaban J connectivity index is 2.33. The standard InChI is InChI=1S/C15H13F3N4/c1-9(2)22-14-11(8-20-22)12(15(16,17)18)6-13(21-14)10-4-3-5-19-7-10/h3-9H,1-2H3. The maximum atomic E-state index is 13.3. The topological polar surface area (TPSA) is 43.6 Å². The smallest absolute Gasteiger partial charge is 0.264 e. The second-order valence-electron chi connectivity index (χ2n) is 5.21. The maximum absolute atomic E-state index is 13.3. The fraction of sp³-hybridized carbons (Fsp3) is 0.267. The van der Waals surface area contributed by atoms with Crippen molar-refractivity contribution in [3.05, 3.63) is 42.4 Å². The van der Waals surface area contributed by atoms with Crippen LogP contribution in [0.25, 0.3) is 22.3 Å². The number of hydrogen-bond acceptors (Lipinski definition) is 3. The molecule has 114 valence electrons. The average molecular weight is 306 g/mol. The van der Waals surface area contributed by atoms with Gasteiger partial charge in [0.05, 0.1) is 22.8 Å². The Kier molecular flexibility index (Phi) is 3.35. The first-order valence-electron chi connectivity index (χ1n) is 6.74. The predicted molar refractivity (Wildman–Crippen MR) is 76.1 cm³/mol. The third kappa shape index (κ3) is 2.43. The highest BCUT2D eigenvalue weighted by molar-refractivity contribution is 5.83. The lowest BCUT2D eigenvalue weighted by atomic mass is 10.1. The zero-order valence-electron chi connectivity index (χ0n) is 12.0. The van der Waals surface area contributed by atoms with Gasteiger partial charge in [0.2, 0.25) is 0 Å². The monoisotopic (exact) mass is 306 g/mol. The van der Waals surface area contributed by atoms with E-state index in [1.165, 1.54) is 17.1 Å². The molecule has 0 unspecified atom stereocenters. The summed E-state index contributed by atoms with van der Waals surface area (Å²) in [5, 5.41) is 4.05. The van der Waals surface area contributed by atoms with Gasteiger partial charge in [-0.1, -0.05) is 0 Å². The highest BCUT2D eigenvalue weighted by Crippen LogP contribution is 2.37. The van der Waals surface area contributed by atoms with Crippen molar-refractivity contribution < 1.29 is 13.2 Å². The minimum Gasteiger partial charge on any atom is -0.264 e. The molecule has 3 heterocycles. The molecule has 0 saturated carbocycles. The van der Waals surface area contributed by atoms with Crippen LogP contribution >= 0.6 is 0 Å². The molecule has 7 heteroatoms. The molecule has 0 aliphatic rings. The Morgan fingerprint density at radius 2 is 1.95 bits per heavy atom. The van der Waals surface area contributed by atoms with Crippen LogP contribution in [0.5, 0.6) is 0 Å². The van der Waals surface area contributed by atoms with E-state index in [1.54, 1.807) is 18.3 Å². The SMILES string of the molecule is CC(C)n1ncc2c(C(F)(F)F)cc(-c3cccnc3)nc21. The number of pyridine rings is 2. The van der Waals surface area contributed by atoms with Crippen LogP contribution in [0.3, 0.4) is 0 Å². The van der Waals surface area contributed by atoms with E-state index >= 15 is 0 Å². The maximum Gasteiger partial charge on any atom is 0.417 e. The molecule has 3 aromatic rings. The van der Waals surface area contributed by atoms with Gasteiger partial charge in [0.25, 0.3) is 0 Å². The molecule has 0 aliphatic carbocycles. The summed E-state index contributed by atoms with van der Waals surface area (Å²) in [5.74, 6) is 0. The highest BCUT2D eigenvalue weighted by atomic mass is 19.4. The van der Waals surface area contributed by atoms with Crippen molar-refractivity contribution in [2.45, 2.75) is 26.1 Å². The quantitative estimate of drug-likeness (QED) is 0.716. The Morgan fingerprint density at radius 3 is 2.55 bits per heavy atom. The summed E-state index contributed by atoms with van der Waals surface area (Å²) in [6.07, 6.45) is -0.198. The third-order valence-electron chi connectivity index (χ3n) is 3.32. The van der Waals surface area contributed by atoms with Gasteiger partial charge in [0, 0.05) is 24.0 Å². The molecule has 22 heavy (non-hydrogen) atoms. The van der Waals surface area contributed by atoms with Crippen LogP contribution in [-0.4, -0.2) is 19.7 Å². The van der Waals surface area contributed by atoms with E-state index in [-0.39, 0.29) is 22.8 Å². The zero-order valence-corrected chi connectivity index (χ0v) is 12.0. The third-order valence-corrected chi connectivity index (χ3v) is 3.32. The molecular formula is C15H13F3N4. The van der Waals surface area contributed by atoms with Crippen molar-refractivity contribution >= 4 is 11.0 Å². The van der Waals surface area contributed by atoms with Crippen LogP contribution in [0.2, 0.25) is 0 Å². The van der Waals surface area contributed by atoms with Crippen LogP contribution in [0.15, 0.2) is 36.8 Å². The minimum atomic E-state index is -4.47. The number of fused-ring (bicyclic) bond motifs is 1. The van der Waals surface area contributed by atoms with Gasteiger partial charge in [0.15, 0.2) is 5.65 Å². The molecule has 3 aromatic heterocycles. The molecule has 0 fully saturated rings. The van der Waals surface area contributed by atoms with Gasteiger partial charge < -0.3 is 0 Å². The normalized spacial score (nSPS) is 12.3. The second kappa shape index (κ2) is 5.08. The van der Waals surface area contributed by atoms with Crippen molar-refractivity contribution in [3.63, 3.8) is 0 Å². The molecule has 0 spiro atoms. The molecule has 0 amide bonds. The molecule has 4 nitrogen and oxygen atoms in total. The number of halogens is 3. The van der Waals surface area contributed by atoms with E-state index in [2.05, 4.69) is 15.1 Å². The van der Waals surface area contributed by atoms with Crippen LogP contribution in [0.1, 0.15) is 25.5 Å². The molecular weight excluding hydrogens is 293 g/mol. The lowest BCUT2D eigenvalue weighted by molar-refractivity contribution is -0.136. The summed E-state index contributed by atoms with van der Waals surface area (Å²) < 4.78 is 41.5. The van der Waals surface area contributed by atoms with Crippen LogP contribution < -0.4 is 0 Å². The van der Waals surface area contributed by atoms with Gasteiger partial charge in [-0.3, -0.25) is 4.98 Å². The van der Waals surface area contributed by atoms with Crippen LogP contribution in [-0.2, 0) is 6.18 Å². The Hall–Kier alpha value is -2.44. The fourth-order valence-electron chi connectivity index (χ4n) is 2.29. The summed E-state index contributed by atoms with van der Waals surface area (Å²) in [4.78, 5) is 8.30. The van der Waals surface area contributed by atoms with Gasteiger partial charge in [-0.15, -0.1) is 0 Å². The van der Waals surface area contributed by atoms with Crippen LogP contribution in [0, 0.1) is 0 Å². The predicted octanol–water partition coefficient (Wildman–Crippen LogP) is 4.09. The first-order valence-corrected chi connectivity index (χ1v) is 6.74. The lowest BCUT2D eigenvalue weighted by Crippen LogP contribution is -2.09. The number of nitrogens with zero attached hydrogens (tertiary/aromatic N) is 4. The largest absolute Gasteiger partial charge is 0.417 e. The van der Waals surface area contributed by atoms with E-state index in [1.807, 2.05) is 13.8 Å². The number of hydrogen-bond donors (Lipinski definition) is 0. The number of aromatic nitrogens is 4. The molecule has 0 radical (unpaired) electrons. The summed E-state index contributed by atoms with van der Waals surface area (Å²) in [6.45, 7) is 3.69. The van der Waals surface area contributed by atoms with Gasteiger partial charge in [-0.25, -0.2) is 9.67 Å². The van der Waals surface area contributed by atoms with Crippen molar-refractivity contribution in [1.29, 1.82) is 0 Å². The average Bonchev–Trinajstić information content (AvgIpc) is 2.90. The zero-order chi connectivity index (χ0) is 15.9. The van der Waals surface area contributed by atoms with Gasteiger partial charge in [0.1, 0.15) is 0 Å². The molecule has 0 aromatic carbocycles. The van der Waals surface area contributed by atoms with E-state index in [0.29, 0.717) is 5.56 Å². The highest BCUT2D eigenvalue weighted by Gasteiger charge is 2.34. The Morgan fingerprint density at radius 1 is 1.18 bits per heavy atom. The van der Waals surface area contributed by atoms with Crippen molar-refractivity contribution in [2.24, 2.45) is 0 Å². The fourth-order valence-corrected chi connectivity index (χ4v) is 2.29. The number of alkyl halides is 3. The first-order chi connectivity index (χ1) is 10.4. The molecule has 0 N–H and O–H groups in total. The van der Waals surface area contributed by atoms with Crippen molar-refractivity contribution in [1.82, 2.24) is 19.7 Å². The number of rotatable bonds is 2. The lowest BCUT2D eigenvalue weighted by Gasteiger charge is -2.12. The molecule has 3 rings (SSSR count). The summed E-state index contributed by atoms with van der Waals surface area (Å²) in [6, 6.07) is 4.30. The molecule has 0 bridgehead atoms. The van der Waals surface area contributed by atoms with Crippen LogP contribution in [0.4, 0.5) is 13.2 Å². The Bertz CT molecular complexity index is 807. The van der Waals surface area contributed by atoms with Crippen molar-refractivity contribution in [2.75, 3.05) is 0 Å². The second-order valence-corrected chi connectivity index (χ2v) is 5.21. The molecule has 0 saturated heterocycles. The van der Waals surface area contributed by atoms with Gasteiger partial charge >= 0.3 is 6.18 Å². The summed E-state index contributed by atoms with van der Waals surface area (Å²) >= 11 is 0. The van der Waals surface area contributed by atoms with E-state index in [0.717, 1.165) is 6.07 Å². The van der Waals surface area contributed by atoms with E-state index < -0.39 is 11.7 Å². The van der Waals surface area contributed by atoms with Crippen molar-refractivity contribution in [3.8, 4) is 11.3 Å². The molecule has 0 aliphatic heterocycles. The Labute approximate surface area is 124 Å². The van der Waals surface area contributed by atoms with E-state index in [4.69, 9.17) is 0 Å². The molecule has 0 atom stereocenters. The summed E-state index contributed by atoms with van der Waals surface area (Å²) in [7, 11) is 0. The van der Waals surface area contributed by atoms with Gasteiger partial charge in [-0.05, 0) is 32.0 Å². The minimum absolute atomic E-state index is 0.00819. The first kappa shape index (κ1) is 14.5. The van der Waals surface area contributed by atoms with E-state index in [9.17, 15) is 13.2 Å².